The van der Waals surface area contributed by atoms with Gasteiger partial charge in [-0.1, -0.05) is 43.3 Å². The topological polar surface area (TPSA) is 63.4 Å². The zero-order valence-corrected chi connectivity index (χ0v) is 17.9. The molecule has 29 heavy (non-hydrogen) atoms. The molecule has 6 nitrogen and oxygen atoms in total. The van der Waals surface area contributed by atoms with Crippen LogP contribution >= 0.6 is 12.2 Å². The van der Waals surface area contributed by atoms with Gasteiger partial charge in [-0.3, -0.25) is 14.9 Å². The normalized spacial score (nSPS) is 11.0. The fourth-order valence-electron chi connectivity index (χ4n) is 3.29. The molecule has 0 aliphatic rings. The van der Waals surface area contributed by atoms with E-state index in [-0.39, 0.29) is 5.56 Å². The first kappa shape index (κ1) is 20.5. The molecule has 2 N–H and O–H groups in total. The number of aromatic nitrogens is 2. The lowest BCUT2D eigenvalue weighted by atomic mass is 10.1. The Morgan fingerprint density at radius 1 is 1.14 bits per heavy atom. The monoisotopic (exact) mass is 407 g/mol. The molecule has 1 aromatic heterocycles. The minimum atomic E-state index is -0.0756. The van der Waals surface area contributed by atoms with Crippen molar-refractivity contribution < 1.29 is 0 Å². The van der Waals surface area contributed by atoms with E-state index in [0.717, 1.165) is 23.4 Å². The molecule has 0 spiro atoms. The largest absolute Gasteiger partial charge is 0.331 e. The highest BCUT2D eigenvalue weighted by molar-refractivity contribution is 7.80. The fourth-order valence-corrected chi connectivity index (χ4v) is 3.45. The third-order valence-electron chi connectivity index (χ3n) is 4.88. The molecule has 3 aromatic rings. The van der Waals surface area contributed by atoms with Gasteiger partial charge in [-0.05, 0) is 55.7 Å². The van der Waals surface area contributed by atoms with Gasteiger partial charge in [0.25, 0.3) is 5.56 Å². The Morgan fingerprint density at radius 2 is 1.86 bits per heavy atom. The van der Waals surface area contributed by atoms with Crippen LogP contribution in [0.3, 0.4) is 0 Å². The minimum absolute atomic E-state index is 0.0756. The Hall–Kier alpha value is -3.19. The van der Waals surface area contributed by atoms with E-state index in [0.29, 0.717) is 16.4 Å². The van der Waals surface area contributed by atoms with Crippen LogP contribution in [0.4, 0.5) is 5.69 Å². The fraction of sp³-hybridized carbons (Fsp3) is 0.227. The molecule has 0 unspecified atom stereocenters. The molecule has 0 saturated carbocycles. The number of hydrazone groups is 1. The van der Waals surface area contributed by atoms with Gasteiger partial charge in [0.05, 0.1) is 17.6 Å². The van der Waals surface area contributed by atoms with Crippen LogP contribution < -0.4 is 16.3 Å². The van der Waals surface area contributed by atoms with E-state index in [1.807, 2.05) is 56.4 Å². The highest BCUT2D eigenvalue weighted by Gasteiger charge is 2.14. The summed E-state index contributed by atoms with van der Waals surface area (Å²) in [4.78, 5) is 12.7. The van der Waals surface area contributed by atoms with Crippen molar-refractivity contribution in [2.45, 2.75) is 27.2 Å². The van der Waals surface area contributed by atoms with Gasteiger partial charge in [0.1, 0.15) is 0 Å². The van der Waals surface area contributed by atoms with Crippen LogP contribution in [0.2, 0.25) is 0 Å². The van der Waals surface area contributed by atoms with Gasteiger partial charge in [0.15, 0.2) is 5.11 Å². The van der Waals surface area contributed by atoms with Crippen LogP contribution in [0, 0.1) is 13.8 Å². The van der Waals surface area contributed by atoms with Gasteiger partial charge in [0.2, 0.25) is 0 Å². The van der Waals surface area contributed by atoms with Gasteiger partial charge in [0, 0.05) is 18.3 Å². The number of thiocarbonyl (C=S) groups is 1. The first-order valence-corrected chi connectivity index (χ1v) is 9.87. The van der Waals surface area contributed by atoms with Crippen LogP contribution in [0.5, 0.6) is 0 Å². The predicted molar refractivity (Wildman–Crippen MR) is 123 cm³/mol. The van der Waals surface area contributed by atoms with Crippen LogP contribution in [-0.4, -0.2) is 20.7 Å². The maximum Gasteiger partial charge on any atom is 0.274 e. The average molecular weight is 408 g/mol. The van der Waals surface area contributed by atoms with Crippen LogP contribution in [0.25, 0.3) is 5.69 Å². The molecule has 0 aliphatic carbocycles. The molecule has 0 amide bonds. The second kappa shape index (κ2) is 8.87. The molecule has 0 aliphatic heterocycles. The number of nitrogens with one attached hydrogen (secondary N) is 2. The molecule has 1 heterocycles. The summed E-state index contributed by atoms with van der Waals surface area (Å²) < 4.78 is 3.40. The Kier molecular flexibility index (Phi) is 6.29. The van der Waals surface area contributed by atoms with E-state index in [2.05, 4.69) is 28.8 Å². The maximum absolute atomic E-state index is 12.7. The molecular formula is C22H25N5OS. The molecule has 0 saturated heterocycles. The number of rotatable bonds is 5. The summed E-state index contributed by atoms with van der Waals surface area (Å²) in [5.74, 6) is 0. The van der Waals surface area contributed by atoms with Crippen molar-refractivity contribution in [1.29, 1.82) is 0 Å². The molecule has 0 fully saturated rings. The van der Waals surface area contributed by atoms with Gasteiger partial charge in [-0.2, -0.15) is 5.10 Å². The van der Waals surface area contributed by atoms with Crippen molar-refractivity contribution >= 4 is 29.2 Å². The van der Waals surface area contributed by atoms with Crippen molar-refractivity contribution in [3.63, 3.8) is 0 Å². The smallest absolute Gasteiger partial charge is 0.274 e. The lowest BCUT2D eigenvalue weighted by molar-refractivity contribution is 0.642. The third kappa shape index (κ3) is 4.30. The summed E-state index contributed by atoms with van der Waals surface area (Å²) in [6, 6.07) is 15.7. The zero-order valence-electron chi connectivity index (χ0n) is 17.1. The summed E-state index contributed by atoms with van der Waals surface area (Å²) in [6.07, 6.45) is 2.52. The summed E-state index contributed by atoms with van der Waals surface area (Å²) in [7, 11) is 1.83. The van der Waals surface area contributed by atoms with E-state index in [1.54, 1.807) is 22.5 Å². The van der Waals surface area contributed by atoms with E-state index in [4.69, 9.17) is 12.2 Å². The number of para-hydroxylation sites is 2. The SMILES string of the molecule is CCc1cccc(C)c1NC(=S)N/N=C\c1c(C)c(=O)n(-c2ccccc2)n1C. The Balaban J connectivity index is 1.78. The third-order valence-corrected chi connectivity index (χ3v) is 5.07. The number of aryl methyl sites for hydroxylation is 2. The van der Waals surface area contributed by atoms with Gasteiger partial charge < -0.3 is 5.32 Å². The minimum Gasteiger partial charge on any atom is -0.331 e. The van der Waals surface area contributed by atoms with Crippen molar-refractivity contribution in [3.8, 4) is 5.69 Å². The van der Waals surface area contributed by atoms with E-state index in [1.165, 1.54) is 5.56 Å². The second-order valence-corrected chi connectivity index (χ2v) is 7.18. The van der Waals surface area contributed by atoms with E-state index in [9.17, 15) is 4.79 Å². The summed E-state index contributed by atoms with van der Waals surface area (Å²) in [5.41, 5.74) is 8.22. The molecular weight excluding hydrogens is 382 g/mol. The van der Waals surface area contributed by atoms with Crippen LogP contribution in [0.1, 0.15) is 29.3 Å². The lowest BCUT2D eigenvalue weighted by Gasteiger charge is -2.14. The molecule has 0 bridgehead atoms. The first-order chi connectivity index (χ1) is 13.9. The lowest BCUT2D eigenvalue weighted by Crippen LogP contribution is -2.25. The van der Waals surface area contributed by atoms with E-state index >= 15 is 0 Å². The van der Waals surface area contributed by atoms with Crippen LogP contribution in [0.15, 0.2) is 58.4 Å². The van der Waals surface area contributed by atoms with Gasteiger partial charge in [-0.15, -0.1) is 0 Å². The summed E-state index contributed by atoms with van der Waals surface area (Å²) in [6.45, 7) is 5.94. The van der Waals surface area contributed by atoms with Crippen molar-refractivity contribution in [1.82, 2.24) is 14.8 Å². The molecule has 0 radical (unpaired) electrons. The van der Waals surface area contributed by atoms with Crippen LogP contribution in [-0.2, 0) is 13.5 Å². The molecule has 7 heteroatoms. The molecule has 3 rings (SSSR count). The number of nitrogens with zero attached hydrogens (tertiary/aromatic N) is 3. The zero-order chi connectivity index (χ0) is 21.0. The number of anilines is 1. The van der Waals surface area contributed by atoms with E-state index < -0.39 is 0 Å². The highest BCUT2D eigenvalue weighted by Crippen LogP contribution is 2.20. The Morgan fingerprint density at radius 3 is 2.55 bits per heavy atom. The standard InChI is InChI=1S/C22H25N5OS/c1-5-17-11-9-10-15(2)20(17)24-22(29)25-23-14-19-16(3)21(28)27(26(19)4)18-12-7-6-8-13-18/h6-14H,5H2,1-4H3,(H2,24,25,29)/b23-14-. The Bertz CT molecular complexity index is 1110. The average Bonchev–Trinajstić information content (AvgIpc) is 2.93. The number of hydrogen-bond donors (Lipinski definition) is 2. The first-order valence-electron chi connectivity index (χ1n) is 9.46. The Labute approximate surface area is 175 Å². The van der Waals surface area contributed by atoms with Crippen molar-refractivity contribution in [3.05, 3.63) is 81.3 Å². The second-order valence-electron chi connectivity index (χ2n) is 6.77. The van der Waals surface area contributed by atoms with Crippen molar-refractivity contribution in [2.24, 2.45) is 12.1 Å². The molecule has 150 valence electrons. The maximum atomic E-state index is 12.7. The summed E-state index contributed by atoms with van der Waals surface area (Å²) in [5, 5.41) is 7.86. The number of benzene rings is 2. The summed E-state index contributed by atoms with van der Waals surface area (Å²) >= 11 is 5.38. The molecule has 0 atom stereocenters. The van der Waals surface area contributed by atoms with Gasteiger partial charge >= 0.3 is 0 Å². The van der Waals surface area contributed by atoms with Crippen molar-refractivity contribution in [2.75, 3.05) is 5.32 Å². The van der Waals surface area contributed by atoms with Gasteiger partial charge in [-0.25, -0.2) is 4.68 Å². The quantitative estimate of drug-likeness (QED) is 0.385. The molecule has 2 aromatic carbocycles. The number of hydrogen-bond acceptors (Lipinski definition) is 3. The predicted octanol–water partition coefficient (Wildman–Crippen LogP) is 3.68. The highest BCUT2D eigenvalue weighted by atomic mass is 32.1.